The minimum absolute atomic E-state index is 0.198. The van der Waals surface area contributed by atoms with Crippen molar-refractivity contribution in [1.82, 2.24) is 14.1 Å². The lowest BCUT2D eigenvalue weighted by Gasteiger charge is -2.15. The summed E-state index contributed by atoms with van der Waals surface area (Å²) in [4.78, 5) is 41.9. The second-order valence-electron chi connectivity index (χ2n) is 6.83. The number of ether oxygens (including phenoxy) is 2. The van der Waals surface area contributed by atoms with Gasteiger partial charge in [0.15, 0.2) is 12.3 Å². The molecular weight excluding hydrogens is 388 g/mol. The van der Waals surface area contributed by atoms with E-state index in [0.717, 1.165) is 16.6 Å². The fourth-order valence-corrected chi connectivity index (χ4v) is 3.17. The molecule has 2 aromatic heterocycles. The number of nitrogens with zero attached hydrogens (tertiary/aromatic N) is 3. The summed E-state index contributed by atoms with van der Waals surface area (Å²) in [6, 6.07) is 6.85. The zero-order chi connectivity index (χ0) is 21.8. The first-order chi connectivity index (χ1) is 14.4. The first kappa shape index (κ1) is 21.1. The summed E-state index contributed by atoms with van der Waals surface area (Å²) < 4.78 is 12.9. The van der Waals surface area contributed by atoms with E-state index < -0.39 is 17.2 Å². The Bertz CT molecular complexity index is 1200. The Labute approximate surface area is 172 Å². The molecule has 0 aliphatic heterocycles. The second-order valence-corrected chi connectivity index (χ2v) is 6.83. The molecule has 0 saturated carbocycles. The number of carbonyl (C=O) groups is 1. The molecule has 0 atom stereocenters. The van der Waals surface area contributed by atoms with Crippen molar-refractivity contribution in [1.29, 1.82) is 0 Å². The first-order valence-corrected chi connectivity index (χ1v) is 9.51. The zero-order valence-corrected chi connectivity index (χ0v) is 17.4. The Kier molecular flexibility index (Phi) is 6.20. The molecule has 0 unspecified atom stereocenters. The van der Waals surface area contributed by atoms with Gasteiger partial charge in [-0.2, -0.15) is 0 Å². The highest BCUT2D eigenvalue weighted by Gasteiger charge is 2.19. The molecule has 1 aromatic carbocycles. The number of rotatable bonds is 7. The molecule has 2 heterocycles. The van der Waals surface area contributed by atoms with Gasteiger partial charge in [0, 0.05) is 20.3 Å². The number of benzene rings is 1. The monoisotopic (exact) mass is 412 g/mol. The van der Waals surface area contributed by atoms with Crippen LogP contribution in [0.4, 0.5) is 5.69 Å². The maximum atomic E-state index is 12.8. The van der Waals surface area contributed by atoms with Crippen molar-refractivity contribution in [2.45, 2.75) is 19.8 Å². The Morgan fingerprint density at radius 2 is 1.77 bits per heavy atom. The van der Waals surface area contributed by atoms with Gasteiger partial charge in [-0.25, -0.2) is 9.78 Å². The van der Waals surface area contributed by atoms with Crippen LogP contribution in [0.5, 0.6) is 11.5 Å². The molecule has 158 valence electrons. The molecule has 1 N–H and O–H groups in total. The molecule has 3 rings (SSSR count). The molecule has 0 spiro atoms. The van der Waals surface area contributed by atoms with Gasteiger partial charge in [0.2, 0.25) is 0 Å². The summed E-state index contributed by atoms with van der Waals surface area (Å²) in [6.07, 6.45) is 3.00. The number of aryl methyl sites for hydroxylation is 2. The average molecular weight is 412 g/mol. The molecule has 0 radical (unpaired) electrons. The van der Waals surface area contributed by atoms with E-state index in [1.165, 1.54) is 18.7 Å². The summed E-state index contributed by atoms with van der Waals surface area (Å²) in [5.41, 5.74) is 0.308. The predicted octanol–water partition coefficient (Wildman–Crippen LogP) is 1.61. The van der Waals surface area contributed by atoms with E-state index in [2.05, 4.69) is 10.3 Å². The lowest BCUT2D eigenvalue weighted by atomic mass is 10.1. The van der Waals surface area contributed by atoms with Gasteiger partial charge in [0.05, 0.1) is 12.8 Å². The van der Waals surface area contributed by atoms with Crippen LogP contribution in [0.3, 0.4) is 0 Å². The van der Waals surface area contributed by atoms with Gasteiger partial charge in [-0.05, 0) is 36.2 Å². The highest BCUT2D eigenvalue weighted by molar-refractivity contribution is 6.01. The van der Waals surface area contributed by atoms with Crippen molar-refractivity contribution in [2.24, 2.45) is 14.1 Å². The maximum Gasteiger partial charge on any atom is 0.332 e. The Morgan fingerprint density at radius 3 is 2.40 bits per heavy atom. The molecular formula is C21H24N4O5. The number of methoxy groups -OCH3 is 1. The number of hydrogen-bond acceptors (Lipinski definition) is 6. The van der Waals surface area contributed by atoms with Crippen LogP contribution in [0.2, 0.25) is 0 Å². The highest BCUT2D eigenvalue weighted by atomic mass is 16.5. The smallest absolute Gasteiger partial charge is 0.332 e. The van der Waals surface area contributed by atoms with Crippen molar-refractivity contribution >= 4 is 22.6 Å². The third-order valence-corrected chi connectivity index (χ3v) is 4.76. The lowest BCUT2D eigenvalue weighted by Crippen LogP contribution is -2.38. The quantitative estimate of drug-likeness (QED) is 0.632. The molecule has 3 aromatic rings. The standard InChI is InChI=1S/C21H24N4O5/c1-5-6-13-11-22-19-17(20(27)25(3)21(28)24(19)2)18(13)23-16(26)12-30-15-9-7-14(29-4)8-10-15/h7-11H,5-6,12H2,1-4H3,(H,22,23,26). The minimum Gasteiger partial charge on any atom is -0.497 e. The van der Waals surface area contributed by atoms with Crippen molar-refractivity contribution in [3.8, 4) is 11.5 Å². The lowest BCUT2D eigenvalue weighted by molar-refractivity contribution is -0.118. The van der Waals surface area contributed by atoms with Crippen molar-refractivity contribution < 1.29 is 14.3 Å². The Balaban J connectivity index is 1.94. The topological polar surface area (TPSA) is 104 Å². The molecule has 0 saturated heterocycles. The van der Waals surface area contributed by atoms with Crippen LogP contribution in [0, 0.1) is 0 Å². The number of anilines is 1. The number of hydrogen-bond donors (Lipinski definition) is 1. The molecule has 30 heavy (non-hydrogen) atoms. The molecule has 0 aliphatic rings. The van der Waals surface area contributed by atoms with E-state index in [1.54, 1.807) is 37.6 Å². The van der Waals surface area contributed by atoms with E-state index in [-0.39, 0.29) is 17.6 Å². The molecule has 0 fully saturated rings. The largest absolute Gasteiger partial charge is 0.497 e. The number of nitrogens with one attached hydrogen (secondary N) is 1. The molecule has 0 aliphatic carbocycles. The average Bonchev–Trinajstić information content (AvgIpc) is 2.76. The zero-order valence-electron chi connectivity index (χ0n) is 17.4. The SMILES string of the molecule is CCCc1cnc2c(c1NC(=O)COc1ccc(OC)cc1)c(=O)n(C)c(=O)n2C. The summed E-state index contributed by atoms with van der Waals surface area (Å²) in [7, 11) is 4.50. The highest BCUT2D eigenvalue weighted by Crippen LogP contribution is 2.24. The van der Waals surface area contributed by atoms with Gasteiger partial charge >= 0.3 is 5.69 Å². The Morgan fingerprint density at radius 1 is 1.10 bits per heavy atom. The first-order valence-electron chi connectivity index (χ1n) is 9.51. The van der Waals surface area contributed by atoms with Crippen LogP contribution < -0.4 is 26.0 Å². The number of amides is 1. The third-order valence-electron chi connectivity index (χ3n) is 4.76. The fraction of sp³-hybridized carbons (Fsp3) is 0.333. The van der Waals surface area contributed by atoms with Gasteiger partial charge in [0.25, 0.3) is 11.5 Å². The van der Waals surface area contributed by atoms with Gasteiger partial charge in [0.1, 0.15) is 16.9 Å². The van der Waals surface area contributed by atoms with Gasteiger partial charge in [-0.3, -0.25) is 18.7 Å². The Hall–Kier alpha value is -3.62. The van der Waals surface area contributed by atoms with E-state index in [0.29, 0.717) is 23.6 Å². The predicted molar refractivity (Wildman–Crippen MR) is 113 cm³/mol. The number of pyridine rings is 1. The number of fused-ring (bicyclic) bond motifs is 1. The van der Waals surface area contributed by atoms with Crippen molar-refractivity contribution in [3.05, 3.63) is 56.9 Å². The molecule has 1 amide bonds. The normalized spacial score (nSPS) is 10.8. The summed E-state index contributed by atoms with van der Waals surface area (Å²) in [6.45, 7) is 1.75. The van der Waals surface area contributed by atoms with Crippen LogP contribution in [0.15, 0.2) is 40.1 Å². The van der Waals surface area contributed by atoms with E-state index in [9.17, 15) is 14.4 Å². The van der Waals surface area contributed by atoms with E-state index in [4.69, 9.17) is 9.47 Å². The molecule has 9 nitrogen and oxygen atoms in total. The van der Waals surface area contributed by atoms with Crippen LogP contribution in [-0.2, 0) is 25.3 Å². The summed E-state index contributed by atoms with van der Waals surface area (Å²) >= 11 is 0. The van der Waals surface area contributed by atoms with Crippen LogP contribution >= 0.6 is 0 Å². The van der Waals surface area contributed by atoms with E-state index >= 15 is 0 Å². The number of carbonyl (C=O) groups excluding carboxylic acids is 1. The van der Waals surface area contributed by atoms with E-state index in [1.807, 2.05) is 6.92 Å². The summed E-state index contributed by atoms with van der Waals surface area (Å²) in [5.74, 6) is 0.768. The van der Waals surface area contributed by atoms with Crippen molar-refractivity contribution in [3.63, 3.8) is 0 Å². The maximum absolute atomic E-state index is 12.8. The second kappa shape index (κ2) is 8.81. The van der Waals surface area contributed by atoms with Gasteiger partial charge < -0.3 is 14.8 Å². The van der Waals surface area contributed by atoms with Crippen LogP contribution in [-0.4, -0.2) is 33.7 Å². The number of aromatic nitrogens is 3. The third kappa shape index (κ3) is 4.05. The van der Waals surface area contributed by atoms with Crippen LogP contribution in [0.25, 0.3) is 11.0 Å². The summed E-state index contributed by atoms with van der Waals surface area (Å²) in [5, 5.41) is 2.99. The molecule has 0 bridgehead atoms. The van der Waals surface area contributed by atoms with Gasteiger partial charge in [-0.15, -0.1) is 0 Å². The van der Waals surface area contributed by atoms with Crippen LogP contribution in [0.1, 0.15) is 18.9 Å². The molecule has 9 heteroatoms. The fourth-order valence-electron chi connectivity index (χ4n) is 3.17. The van der Waals surface area contributed by atoms with Gasteiger partial charge in [-0.1, -0.05) is 13.3 Å². The minimum atomic E-state index is -0.509. The van der Waals surface area contributed by atoms with Crippen molar-refractivity contribution in [2.75, 3.05) is 19.0 Å².